The molecule has 0 aliphatic heterocycles. The van der Waals surface area contributed by atoms with Gasteiger partial charge in [0.15, 0.2) is 0 Å². The molecule has 0 heterocycles. The number of halogens is 3. The van der Waals surface area contributed by atoms with E-state index in [1.165, 1.54) is 18.2 Å². The largest absolute Gasteiger partial charge is 0.462 e. The molecular weight excluding hydrogens is 270 g/mol. The molecular formula is C10H9BrF2O2. The summed E-state index contributed by atoms with van der Waals surface area (Å²) in [5.74, 6) is -0.728. The molecule has 0 aromatic heterocycles. The van der Waals surface area contributed by atoms with Crippen molar-refractivity contribution < 1.29 is 18.3 Å². The summed E-state index contributed by atoms with van der Waals surface area (Å²) in [6.07, 6.45) is -2.71. The molecule has 5 heteroatoms. The van der Waals surface area contributed by atoms with Crippen LogP contribution in [-0.2, 0) is 4.74 Å². The van der Waals surface area contributed by atoms with Crippen molar-refractivity contribution in [3.05, 3.63) is 33.8 Å². The van der Waals surface area contributed by atoms with Crippen LogP contribution in [0.15, 0.2) is 22.7 Å². The van der Waals surface area contributed by atoms with E-state index in [1.807, 2.05) is 0 Å². The molecule has 1 aromatic carbocycles. The van der Waals surface area contributed by atoms with Crippen LogP contribution in [0.25, 0.3) is 0 Å². The molecule has 0 N–H and O–H groups in total. The van der Waals surface area contributed by atoms with Crippen molar-refractivity contribution in [3.63, 3.8) is 0 Å². The molecule has 0 spiro atoms. The Morgan fingerprint density at radius 3 is 2.73 bits per heavy atom. The second-order valence-electron chi connectivity index (χ2n) is 2.72. The first-order chi connectivity index (χ1) is 7.07. The van der Waals surface area contributed by atoms with Crippen LogP contribution in [0.3, 0.4) is 0 Å². The fourth-order valence-corrected chi connectivity index (χ4v) is 1.68. The second-order valence-corrected chi connectivity index (χ2v) is 3.58. The normalized spacial score (nSPS) is 10.5. The van der Waals surface area contributed by atoms with Gasteiger partial charge in [-0.25, -0.2) is 13.6 Å². The Balaban J connectivity index is 3.17. The fraction of sp³-hybridized carbons (Fsp3) is 0.300. The van der Waals surface area contributed by atoms with Crippen molar-refractivity contribution in [1.29, 1.82) is 0 Å². The van der Waals surface area contributed by atoms with Crippen molar-refractivity contribution in [3.8, 4) is 0 Å². The molecule has 0 saturated carbocycles. The number of hydrogen-bond acceptors (Lipinski definition) is 2. The van der Waals surface area contributed by atoms with Gasteiger partial charge < -0.3 is 4.74 Å². The Hall–Kier alpha value is -0.970. The zero-order chi connectivity index (χ0) is 11.4. The third-order valence-corrected chi connectivity index (χ3v) is 2.46. The minimum atomic E-state index is -2.71. The molecule has 0 atom stereocenters. The fourth-order valence-electron chi connectivity index (χ4n) is 1.15. The lowest BCUT2D eigenvalue weighted by molar-refractivity contribution is 0.0515. The lowest BCUT2D eigenvalue weighted by Crippen LogP contribution is -2.08. The number of benzene rings is 1. The summed E-state index contributed by atoms with van der Waals surface area (Å²) in [7, 11) is 0. The average Bonchev–Trinajstić information content (AvgIpc) is 2.17. The van der Waals surface area contributed by atoms with E-state index < -0.39 is 12.4 Å². The van der Waals surface area contributed by atoms with Crippen molar-refractivity contribution >= 4 is 21.9 Å². The number of carbonyl (C=O) groups excluding carboxylic acids is 1. The van der Waals surface area contributed by atoms with Crippen molar-refractivity contribution in [2.24, 2.45) is 0 Å². The van der Waals surface area contributed by atoms with E-state index in [1.54, 1.807) is 6.92 Å². The number of esters is 1. The molecule has 82 valence electrons. The lowest BCUT2D eigenvalue weighted by Gasteiger charge is -2.09. The lowest BCUT2D eigenvalue weighted by atomic mass is 10.1. The van der Waals surface area contributed by atoms with E-state index in [0.29, 0.717) is 0 Å². The molecule has 0 aliphatic carbocycles. The van der Waals surface area contributed by atoms with Crippen molar-refractivity contribution in [2.45, 2.75) is 13.3 Å². The average molecular weight is 279 g/mol. The first kappa shape index (κ1) is 12.1. The van der Waals surface area contributed by atoms with E-state index >= 15 is 0 Å². The van der Waals surface area contributed by atoms with Gasteiger partial charge in [0, 0.05) is 10.0 Å². The SMILES string of the molecule is CCOC(=O)c1cccc(Br)c1C(F)F. The summed E-state index contributed by atoms with van der Waals surface area (Å²) in [5.41, 5.74) is -0.419. The van der Waals surface area contributed by atoms with E-state index in [9.17, 15) is 13.6 Å². The molecule has 2 nitrogen and oxygen atoms in total. The minimum absolute atomic E-state index is 0.0961. The zero-order valence-electron chi connectivity index (χ0n) is 7.97. The molecule has 1 rings (SSSR count). The van der Waals surface area contributed by atoms with Gasteiger partial charge in [0.1, 0.15) is 0 Å². The van der Waals surface area contributed by atoms with Gasteiger partial charge in [-0.05, 0) is 19.1 Å². The molecule has 15 heavy (non-hydrogen) atoms. The van der Waals surface area contributed by atoms with Crippen LogP contribution in [0.1, 0.15) is 29.3 Å². The molecule has 1 aromatic rings. The number of carbonyl (C=O) groups is 1. The summed E-state index contributed by atoms with van der Waals surface area (Å²) in [6, 6.07) is 4.30. The third-order valence-electron chi connectivity index (χ3n) is 1.77. The van der Waals surface area contributed by atoms with Crippen molar-refractivity contribution in [1.82, 2.24) is 0 Å². The Labute approximate surface area is 94.4 Å². The quantitative estimate of drug-likeness (QED) is 0.791. The maximum absolute atomic E-state index is 12.7. The van der Waals surface area contributed by atoms with Crippen LogP contribution in [0, 0.1) is 0 Å². The Kier molecular flexibility index (Phi) is 4.20. The van der Waals surface area contributed by atoms with Crippen LogP contribution in [-0.4, -0.2) is 12.6 Å². The zero-order valence-corrected chi connectivity index (χ0v) is 9.55. The highest BCUT2D eigenvalue weighted by Crippen LogP contribution is 2.30. The molecule has 0 fully saturated rings. The Morgan fingerprint density at radius 2 is 2.20 bits per heavy atom. The van der Waals surface area contributed by atoms with E-state index in [4.69, 9.17) is 0 Å². The first-order valence-electron chi connectivity index (χ1n) is 4.31. The predicted octanol–water partition coefficient (Wildman–Crippen LogP) is 3.56. The summed E-state index contributed by atoms with van der Waals surface area (Å²) in [4.78, 5) is 11.3. The van der Waals surface area contributed by atoms with Gasteiger partial charge in [-0.2, -0.15) is 0 Å². The summed E-state index contributed by atoms with van der Waals surface area (Å²) in [6.45, 7) is 1.78. The number of ether oxygens (including phenoxy) is 1. The highest BCUT2D eigenvalue weighted by molar-refractivity contribution is 9.10. The summed E-state index contributed by atoms with van der Waals surface area (Å²) in [5, 5.41) is 0. The van der Waals surface area contributed by atoms with E-state index in [-0.39, 0.29) is 22.2 Å². The van der Waals surface area contributed by atoms with Gasteiger partial charge in [-0.15, -0.1) is 0 Å². The van der Waals surface area contributed by atoms with Crippen LogP contribution in [0.4, 0.5) is 8.78 Å². The molecule has 0 amide bonds. The van der Waals surface area contributed by atoms with Crippen LogP contribution in [0.5, 0.6) is 0 Å². The van der Waals surface area contributed by atoms with Gasteiger partial charge in [-0.3, -0.25) is 0 Å². The predicted molar refractivity (Wildman–Crippen MR) is 55.1 cm³/mol. The maximum atomic E-state index is 12.7. The maximum Gasteiger partial charge on any atom is 0.338 e. The standard InChI is InChI=1S/C10H9BrF2O2/c1-2-15-10(14)6-4-3-5-7(11)8(6)9(12)13/h3-5,9H,2H2,1H3. The second kappa shape index (κ2) is 5.21. The molecule has 0 unspecified atom stereocenters. The highest BCUT2D eigenvalue weighted by Gasteiger charge is 2.21. The molecule has 0 saturated heterocycles. The third kappa shape index (κ3) is 2.75. The first-order valence-corrected chi connectivity index (χ1v) is 5.11. The Bertz CT molecular complexity index is 366. The smallest absolute Gasteiger partial charge is 0.338 e. The van der Waals surface area contributed by atoms with E-state index in [0.717, 1.165) is 0 Å². The highest BCUT2D eigenvalue weighted by atomic mass is 79.9. The van der Waals surface area contributed by atoms with E-state index in [2.05, 4.69) is 20.7 Å². The molecule has 0 radical (unpaired) electrons. The number of rotatable bonds is 3. The number of alkyl halides is 2. The van der Waals surface area contributed by atoms with Gasteiger partial charge in [0.25, 0.3) is 6.43 Å². The topological polar surface area (TPSA) is 26.3 Å². The van der Waals surface area contributed by atoms with Crippen LogP contribution in [0.2, 0.25) is 0 Å². The van der Waals surface area contributed by atoms with Crippen molar-refractivity contribution in [2.75, 3.05) is 6.61 Å². The van der Waals surface area contributed by atoms with Gasteiger partial charge in [0.2, 0.25) is 0 Å². The molecule has 0 aliphatic rings. The Morgan fingerprint density at radius 1 is 1.53 bits per heavy atom. The monoisotopic (exact) mass is 278 g/mol. The number of hydrogen-bond donors (Lipinski definition) is 0. The van der Waals surface area contributed by atoms with Gasteiger partial charge in [-0.1, -0.05) is 22.0 Å². The summed E-state index contributed by atoms with van der Waals surface area (Å²) >= 11 is 2.98. The van der Waals surface area contributed by atoms with Gasteiger partial charge in [0.05, 0.1) is 12.2 Å². The van der Waals surface area contributed by atoms with Crippen LogP contribution >= 0.6 is 15.9 Å². The van der Waals surface area contributed by atoms with Crippen LogP contribution < -0.4 is 0 Å². The molecule has 0 bridgehead atoms. The van der Waals surface area contributed by atoms with Gasteiger partial charge >= 0.3 is 5.97 Å². The minimum Gasteiger partial charge on any atom is -0.462 e. The summed E-state index contributed by atoms with van der Waals surface area (Å²) < 4.78 is 30.2.